The minimum absolute atomic E-state index is 0.00235. The molecule has 6 nitrogen and oxygen atoms in total. The summed E-state index contributed by atoms with van der Waals surface area (Å²) in [7, 11) is 0. The lowest BCUT2D eigenvalue weighted by atomic mass is 10.3. The molecule has 2 N–H and O–H groups in total. The van der Waals surface area contributed by atoms with Gasteiger partial charge in [0.2, 0.25) is 0 Å². The molecule has 0 aromatic carbocycles. The first kappa shape index (κ1) is 9.70. The van der Waals surface area contributed by atoms with Gasteiger partial charge in [-0.1, -0.05) is 0 Å². The molecule has 1 aromatic rings. The highest BCUT2D eigenvalue weighted by Gasteiger charge is 2.24. The van der Waals surface area contributed by atoms with Gasteiger partial charge in [-0.2, -0.15) is 0 Å². The summed E-state index contributed by atoms with van der Waals surface area (Å²) in [5, 5.41) is 11.0. The molecule has 0 bridgehead atoms. The predicted octanol–water partition coefficient (Wildman–Crippen LogP) is 0.323. The number of nitrogens with zero attached hydrogens (tertiary/aromatic N) is 3. The van der Waals surface area contributed by atoms with E-state index in [-0.39, 0.29) is 6.04 Å². The van der Waals surface area contributed by atoms with E-state index < -0.39 is 6.09 Å². The first-order valence-electron chi connectivity index (χ1n) is 4.76. The van der Waals surface area contributed by atoms with Crippen molar-refractivity contribution in [3.63, 3.8) is 0 Å². The van der Waals surface area contributed by atoms with Gasteiger partial charge < -0.3 is 15.3 Å². The van der Waals surface area contributed by atoms with Crippen LogP contribution in [0.4, 0.5) is 10.6 Å². The van der Waals surface area contributed by atoms with Crippen molar-refractivity contribution in [3.05, 3.63) is 18.6 Å². The number of carbonyl (C=O) groups is 1. The first-order chi connectivity index (χ1) is 7.25. The highest BCUT2D eigenvalue weighted by atomic mass is 16.4. The van der Waals surface area contributed by atoms with Crippen LogP contribution in [-0.2, 0) is 0 Å². The van der Waals surface area contributed by atoms with Crippen LogP contribution in [0.2, 0.25) is 0 Å². The molecule has 0 radical (unpaired) electrons. The van der Waals surface area contributed by atoms with Gasteiger partial charge in [-0.25, -0.2) is 14.8 Å². The predicted molar refractivity (Wildman–Crippen MR) is 53.8 cm³/mol. The highest BCUT2D eigenvalue weighted by Crippen LogP contribution is 2.16. The average molecular weight is 208 g/mol. The fourth-order valence-corrected chi connectivity index (χ4v) is 1.73. The summed E-state index contributed by atoms with van der Waals surface area (Å²) in [4.78, 5) is 20.4. The maximum atomic E-state index is 10.4. The molecule has 1 fully saturated rings. The van der Waals surface area contributed by atoms with Crippen molar-refractivity contribution in [2.45, 2.75) is 12.5 Å². The molecule has 1 aliphatic rings. The fraction of sp³-hybridized carbons (Fsp3) is 0.444. The second kappa shape index (κ2) is 4.12. The second-order valence-electron chi connectivity index (χ2n) is 3.45. The number of rotatable bonds is 2. The molecule has 6 heteroatoms. The van der Waals surface area contributed by atoms with E-state index in [9.17, 15) is 4.79 Å². The van der Waals surface area contributed by atoms with E-state index in [1.807, 2.05) is 11.0 Å². The Morgan fingerprint density at radius 2 is 2.53 bits per heavy atom. The zero-order valence-corrected chi connectivity index (χ0v) is 8.13. The fourth-order valence-electron chi connectivity index (χ4n) is 1.73. The van der Waals surface area contributed by atoms with Crippen LogP contribution in [0, 0.1) is 0 Å². The van der Waals surface area contributed by atoms with E-state index in [0.717, 1.165) is 18.8 Å². The van der Waals surface area contributed by atoms with Gasteiger partial charge in [-0.15, -0.1) is 0 Å². The Bertz CT molecular complexity index is 343. The number of anilines is 1. The first-order valence-corrected chi connectivity index (χ1v) is 4.76. The Morgan fingerprint density at radius 3 is 3.20 bits per heavy atom. The van der Waals surface area contributed by atoms with E-state index in [0.29, 0.717) is 6.54 Å². The normalized spacial score (nSPS) is 20.3. The lowest BCUT2D eigenvalue weighted by molar-refractivity contribution is 0.191. The summed E-state index contributed by atoms with van der Waals surface area (Å²) in [6, 6.07) is 1.82. The zero-order chi connectivity index (χ0) is 10.7. The maximum Gasteiger partial charge on any atom is 0.404 e. The maximum absolute atomic E-state index is 10.4. The van der Waals surface area contributed by atoms with Gasteiger partial charge in [0.1, 0.15) is 12.1 Å². The topological polar surface area (TPSA) is 78.4 Å². The SMILES string of the molecule is O=C(O)NC1CCN(c2ccncn2)C1. The van der Waals surface area contributed by atoms with Crippen LogP contribution in [0.25, 0.3) is 0 Å². The molecule has 0 spiro atoms. The van der Waals surface area contributed by atoms with Crippen LogP contribution >= 0.6 is 0 Å². The number of amides is 1. The van der Waals surface area contributed by atoms with Crippen LogP contribution in [0.3, 0.4) is 0 Å². The Kier molecular flexibility index (Phi) is 2.66. The smallest absolute Gasteiger partial charge is 0.404 e. The molecule has 15 heavy (non-hydrogen) atoms. The van der Waals surface area contributed by atoms with E-state index in [1.54, 1.807) is 6.20 Å². The molecule has 1 unspecified atom stereocenters. The van der Waals surface area contributed by atoms with Crippen molar-refractivity contribution in [3.8, 4) is 0 Å². The van der Waals surface area contributed by atoms with Crippen molar-refractivity contribution < 1.29 is 9.90 Å². The third-order valence-corrected chi connectivity index (χ3v) is 2.41. The van der Waals surface area contributed by atoms with Crippen LogP contribution < -0.4 is 10.2 Å². The van der Waals surface area contributed by atoms with Crippen molar-refractivity contribution >= 4 is 11.9 Å². The molecule has 0 saturated carbocycles. The van der Waals surface area contributed by atoms with E-state index >= 15 is 0 Å². The third kappa shape index (κ3) is 2.34. The van der Waals surface area contributed by atoms with E-state index in [1.165, 1.54) is 6.33 Å². The summed E-state index contributed by atoms with van der Waals surface area (Å²) in [6.45, 7) is 1.49. The third-order valence-electron chi connectivity index (χ3n) is 2.41. The lowest BCUT2D eigenvalue weighted by Gasteiger charge is -2.16. The highest BCUT2D eigenvalue weighted by molar-refractivity contribution is 5.65. The van der Waals surface area contributed by atoms with Gasteiger partial charge in [0, 0.05) is 19.3 Å². The van der Waals surface area contributed by atoms with E-state index in [4.69, 9.17) is 5.11 Å². The summed E-state index contributed by atoms with van der Waals surface area (Å²) >= 11 is 0. The zero-order valence-electron chi connectivity index (χ0n) is 8.13. The van der Waals surface area contributed by atoms with Crippen LogP contribution in [0.15, 0.2) is 18.6 Å². The van der Waals surface area contributed by atoms with Gasteiger partial charge in [-0.05, 0) is 12.5 Å². The summed E-state index contributed by atoms with van der Waals surface area (Å²) in [5.41, 5.74) is 0. The van der Waals surface area contributed by atoms with Crippen LogP contribution in [0.5, 0.6) is 0 Å². The molecule has 1 amide bonds. The lowest BCUT2D eigenvalue weighted by Crippen LogP contribution is -2.36. The van der Waals surface area contributed by atoms with Crippen molar-refractivity contribution in [2.24, 2.45) is 0 Å². The molecular formula is C9H12N4O2. The molecule has 80 valence electrons. The molecule has 0 aliphatic carbocycles. The molecule has 1 atom stereocenters. The number of carboxylic acid groups (broad SMARTS) is 1. The monoisotopic (exact) mass is 208 g/mol. The van der Waals surface area contributed by atoms with Gasteiger partial charge in [-0.3, -0.25) is 0 Å². The van der Waals surface area contributed by atoms with Gasteiger partial charge in [0.05, 0.1) is 6.04 Å². The molecule has 2 heterocycles. The van der Waals surface area contributed by atoms with Crippen molar-refractivity contribution in [2.75, 3.05) is 18.0 Å². The Labute approximate surface area is 87.0 Å². The Balaban J connectivity index is 1.96. The quantitative estimate of drug-likeness (QED) is 0.732. The molecule has 1 saturated heterocycles. The second-order valence-corrected chi connectivity index (χ2v) is 3.45. The van der Waals surface area contributed by atoms with E-state index in [2.05, 4.69) is 15.3 Å². The number of hydrogen-bond acceptors (Lipinski definition) is 4. The van der Waals surface area contributed by atoms with Crippen molar-refractivity contribution in [1.29, 1.82) is 0 Å². The summed E-state index contributed by atoms with van der Waals surface area (Å²) < 4.78 is 0. The minimum atomic E-state index is -0.968. The van der Waals surface area contributed by atoms with Gasteiger partial charge >= 0.3 is 6.09 Å². The van der Waals surface area contributed by atoms with Crippen LogP contribution in [0.1, 0.15) is 6.42 Å². The minimum Gasteiger partial charge on any atom is -0.465 e. The number of nitrogens with one attached hydrogen (secondary N) is 1. The molecular weight excluding hydrogens is 196 g/mol. The molecule has 1 aromatic heterocycles. The number of hydrogen-bond donors (Lipinski definition) is 2. The average Bonchev–Trinajstić information content (AvgIpc) is 2.67. The Hall–Kier alpha value is -1.85. The largest absolute Gasteiger partial charge is 0.465 e. The molecule has 1 aliphatic heterocycles. The summed E-state index contributed by atoms with van der Waals surface area (Å²) in [5.74, 6) is 0.847. The summed E-state index contributed by atoms with van der Waals surface area (Å²) in [6.07, 6.45) is 3.02. The van der Waals surface area contributed by atoms with Gasteiger partial charge in [0.15, 0.2) is 0 Å². The van der Waals surface area contributed by atoms with Crippen molar-refractivity contribution in [1.82, 2.24) is 15.3 Å². The van der Waals surface area contributed by atoms with Crippen LogP contribution in [-0.4, -0.2) is 40.3 Å². The molecule has 2 rings (SSSR count). The Morgan fingerprint density at radius 1 is 1.67 bits per heavy atom. The standard InChI is InChI=1S/C9H12N4O2/c14-9(15)12-7-2-4-13(5-7)8-1-3-10-6-11-8/h1,3,6-7,12H,2,4-5H2,(H,14,15). The van der Waals surface area contributed by atoms with Gasteiger partial charge in [0.25, 0.3) is 0 Å². The number of aromatic nitrogens is 2.